The Morgan fingerprint density at radius 3 is 2.30 bits per heavy atom. The van der Waals surface area contributed by atoms with Gasteiger partial charge in [0.25, 0.3) is 0 Å². The number of carbonyl (C=O) groups excluding carboxylic acids is 1. The Labute approximate surface area is 164 Å². The molecule has 1 amide bonds. The van der Waals surface area contributed by atoms with Crippen molar-refractivity contribution in [1.29, 1.82) is 0 Å². The Balaban J connectivity index is 2.00. The van der Waals surface area contributed by atoms with Crippen LogP contribution in [0.2, 0.25) is 10.0 Å². The van der Waals surface area contributed by atoms with Crippen molar-refractivity contribution in [3.63, 3.8) is 0 Å². The molecule has 27 heavy (non-hydrogen) atoms. The molecule has 0 spiro atoms. The first-order valence-corrected chi connectivity index (χ1v) is 8.68. The molecule has 140 valence electrons. The Hall–Kier alpha value is -2.84. The number of anilines is 1. The van der Waals surface area contributed by atoms with Crippen LogP contribution in [0.4, 0.5) is 10.5 Å². The van der Waals surface area contributed by atoms with E-state index in [1.165, 1.54) is 4.90 Å². The standard InChI is InChI=1S/C17H15Cl2N5O3/c1-3-22(11-7-9-12(27-2)10-8-11)16(25)24-17(26)23(20-21-24)15-13(18)5-4-6-14(15)19/h4-10H,3H2,1-2H3. The molecule has 2 aromatic carbocycles. The number of hydrogen-bond acceptors (Lipinski definition) is 5. The second-order valence-corrected chi connectivity index (χ2v) is 6.19. The van der Waals surface area contributed by atoms with E-state index >= 15 is 0 Å². The van der Waals surface area contributed by atoms with Crippen LogP contribution in [0.25, 0.3) is 5.69 Å². The number of benzene rings is 2. The van der Waals surface area contributed by atoms with Crippen molar-refractivity contribution in [3.8, 4) is 11.4 Å². The minimum absolute atomic E-state index is 0.164. The number of methoxy groups -OCH3 is 1. The van der Waals surface area contributed by atoms with E-state index in [0.29, 0.717) is 22.7 Å². The van der Waals surface area contributed by atoms with Crippen LogP contribution in [0.15, 0.2) is 47.3 Å². The highest BCUT2D eigenvalue weighted by Crippen LogP contribution is 2.26. The van der Waals surface area contributed by atoms with Gasteiger partial charge in [0, 0.05) is 12.2 Å². The van der Waals surface area contributed by atoms with E-state index in [4.69, 9.17) is 27.9 Å². The third-order valence-electron chi connectivity index (χ3n) is 3.84. The fourth-order valence-electron chi connectivity index (χ4n) is 2.50. The van der Waals surface area contributed by atoms with Gasteiger partial charge in [-0.15, -0.1) is 4.68 Å². The largest absolute Gasteiger partial charge is 0.497 e. The molecule has 0 atom stereocenters. The number of hydrogen-bond donors (Lipinski definition) is 0. The summed E-state index contributed by atoms with van der Waals surface area (Å²) in [7, 11) is 1.55. The molecule has 0 unspecified atom stereocenters. The molecule has 0 saturated heterocycles. The number of para-hydroxylation sites is 1. The maximum atomic E-state index is 12.8. The summed E-state index contributed by atoms with van der Waals surface area (Å²) in [5.74, 6) is 0.652. The lowest BCUT2D eigenvalue weighted by atomic mass is 10.3. The Kier molecular flexibility index (Phi) is 5.48. The van der Waals surface area contributed by atoms with E-state index in [1.807, 2.05) is 0 Å². The molecule has 3 aromatic rings. The second kappa shape index (κ2) is 7.81. The lowest BCUT2D eigenvalue weighted by Gasteiger charge is -2.19. The van der Waals surface area contributed by atoms with Crippen molar-refractivity contribution in [2.75, 3.05) is 18.6 Å². The van der Waals surface area contributed by atoms with E-state index in [2.05, 4.69) is 10.4 Å². The summed E-state index contributed by atoms with van der Waals surface area (Å²) in [4.78, 5) is 26.9. The van der Waals surface area contributed by atoms with Gasteiger partial charge in [-0.3, -0.25) is 4.90 Å². The first-order chi connectivity index (χ1) is 13.0. The second-order valence-electron chi connectivity index (χ2n) is 5.38. The number of halogens is 2. The van der Waals surface area contributed by atoms with Crippen LogP contribution in [0.5, 0.6) is 5.75 Å². The Morgan fingerprint density at radius 1 is 1.11 bits per heavy atom. The monoisotopic (exact) mass is 407 g/mol. The predicted molar refractivity (Wildman–Crippen MR) is 102 cm³/mol. The van der Waals surface area contributed by atoms with Crippen LogP contribution in [0, 0.1) is 0 Å². The molecule has 1 heterocycles. The molecule has 0 aliphatic carbocycles. The highest BCUT2D eigenvalue weighted by atomic mass is 35.5. The smallest absolute Gasteiger partial charge is 0.377 e. The minimum atomic E-state index is -0.776. The van der Waals surface area contributed by atoms with Crippen molar-refractivity contribution < 1.29 is 9.53 Å². The van der Waals surface area contributed by atoms with E-state index in [-0.39, 0.29) is 15.7 Å². The fourth-order valence-corrected chi connectivity index (χ4v) is 3.06. The first kappa shape index (κ1) is 18.9. The SMILES string of the molecule is CCN(C(=O)n1nnn(-c2c(Cl)cccc2Cl)c1=O)c1ccc(OC)cc1. The van der Waals surface area contributed by atoms with Crippen molar-refractivity contribution >= 4 is 34.9 Å². The predicted octanol–water partition coefficient (Wildman–Crippen LogP) is 3.24. The van der Waals surface area contributed by atoms with Gasteiger partial charge in [0.05, 0.1) is 17.2 Å². The number of rotatable bonds is 4. The molecule has 10 heteroatoms. The van der Waals surface area contributed by atoms with E-state index in [1.54, 1.807) is 56.5 Å². The van der Waals surface area contributed by atoms with Gasteiger partial charge >= 0.3 is 11.7 Å². The van der Waals surface area contributed by atoms with Crippen LogP contribution >= 0.6 is 23.2 Å². The highest BCUT2D eigenvalue weighted by Gasteiger charge is 2.23. The zero-order valence-electron chi connectivity index (χ0n) is 14.5. The maximum absolute atomic E-state index is 12.8. The number of amides is 1. The minimum Gasteiger partial charge on any atom is -0.497 e. The average molecular weight is 408 g/mol. The van der Waals surface area contributed by atoms with Crippen LogP contribution < -0.4 is 15.3 Å². The number of carbonyl (C=O) groups is 1. The highest BCUT2D eigenvalue weighted by molar-refractivity contribution is 6.37. The molecule has 0 aliphatic rings. The van der Waals surface area contributed by atoms with Crippen molar-refractivity contribution in [1.82, 2.24) is 19.8 Å². The summed E-state index contributed by atoms with van der Waals surface area (Å²) in [5.41, 5.74) is -0.0279. The molecule has 0 bridgehead atoms. The normalized spacial score (nSPS) is 10.7. The summed E-state index contributed by atoms with van der Waals surface area (Å²) < 4.78 is 6.67. The molecule has 0 fully saturated rings. The number of nitrogens with zero attached hydrogens (tertiary/aromatic N) is 5. The average Bonchev–Trinajstić information content (AvgIpc) is 3.04. The van der Waals surface area contributed by atoms with E-state index in [9.17, 15) is 9.59 Å². The van der Waals surface area contributed by atoms with Crippen LogP contribution in [0.1, 0.15) is 6.92 Å². The van der Waals surface area contributed by atoms with Crippen LogP contribution in [-0.4, -0.2) is 39.5 Å². The molecule has 0 aliphatic heterocycles. The Morgan fingerprint density at radius 2 is 1.74 bits per heavy atom. The van der Waals surface area contributed by atoms with E-state index in [0.717, 1.165) is 4.68 Å². The van der Waals surface area contributed by atoms with Crippen molar-refractivity contribution in [2.45, 2.75) is 6.92 Å². The lowest BCUT2D eigenvalue weighted by Crippen LogP contribution is -2.41. The van der Waals surface area contributed by atoms with Gasteiger partial charge in [-0.25, -0.2) is 9.59 Å². The van der Waals surface area contributed by atoms with Gasteiger partial charge < -0.3 is 4.74 Å². The fraction of sp³-hybridized carbons (Fsp3) is 0.176. The van der Waals surface area contributed by atoms with Gasteiger partial charge in [0.15, 0.2) is 0 Å². The third kappa shape index (κ3) is 3.54. The van der Waals surface area contributed by atoms with Gasteiger partial charge in [-0.2, -0.15) is 4.68 Å². The quantitative estimate of drug-likeness (QED) is 0.619. The zero-order chi connectivity index (χ0) is 19.6. The Bertz CT molecular complexity index is 1010. The summed E-state index contributed by atoms with van der Waals surface area (Å²) in [6, 6.07) is 11.0. The van der Waals surface area contributed by atoms with Crippen LogP contribution in [0.3, 0.4) is 0 Å². The summed E-state index contributed by atoms with van der Waals surface area (Å²) in [6.45, 7) is 2.10. The topological polar surface area (TPSA) is 82.3 Å². The third-order valence-corrected chi connectivity index (χ3v) is 4.45. The molecular formula is C17H15Cl2N5O3. The maximum Gasteiger partial charge on any atom is 0.377 e. The number of aromatic nitrogens is 4. The molecule has 0 saturated carbocycles. The lowest BCUT2D eigenvalue weighted by molar-refractivity contribution is 0.244. The van der Waals surface area contributed by atoms with Gasteiger partial charge in [0.2, 0.25) is 0 Å². The number of tetrazole rings is 1. The van der Waals surface area contributed by atoms with Gasteiger partial charge in [-0.1, -0.05) is 29.3 Å². The zero-order valence-corrected chi connectivity index (χ0v) is 16.0. The van der Waals surface area contributed by atoms with Gasteiger partial charge in [-0.05, 0) is 53.7 Å². The molecule has 1 aromatic heterocycles. The first-order valence-electron chi connectivity index (χ1n) is 7.93. The molecule has 8 nitrogen and oxygen atoms in total. The summed E-state index contributed by atoms with van der Waals surface area (Å²) >= 11 is 12.2. The van der Waals surface area contributed by atoms with E-state index < -0.39 is 11.7 Å². The molecule has 0 N–H and O–H groups in total. The van der Waals surface area contributed by atoms with Crippen molar-refractivity contribution in [3.05, 3.63) is 63.0 Å². The number of ether oxygens (including phenoxy) is 1. The van der Waals surface area contributed by atoms with Crippen molar-refractivity contribution in [2.24, 2.45) is 0 Å². The summed E-state index contributed by atoms with van der Waals surface area (Å²) in [6.07, 6.45) is 0. The summed E-state index contributed by atoms with van der Waals surface area (Å²) in [5, 5.41) is 7.86. The molecule has 0 radical (unpaired) electrons. The van der Waals surface area contributed by atoms with Crippen LogP contribution in [-0.2, 0) is 0 Å². The molecule has 3 rings (SSSR count). The van der Waals surface area contributed by atoms with Gasteiger partial charge in [0.1, 0.15) is 11.4 Å². The molecular weight excluding hydrogens is 393 g/mol.